The molecule has 0 aliphatic rings. The van der Waals surface area contributed by atoms with Crippen molar-refractivity contribution in [2.24, 2.45) is 5.41 Å². The minimum atomic E-state index is 0.542. The second-order valence-corrected chi connectivity index (χ2v) is 3.12. The summed E-state index contributed by atoms with van der Waals surface area (Å²) in [6.45, 7) is 8.94. The van der Waals surface area contributed by atoms with E-state index in [4.69, 9.17) is 20.4 Å². The fraction of sp³-hybridized carbons (Fsp3) is 0.750. The molecule has 0 spiro atoms. The molecule has 12 heavy (non-hydrogen) atoms. The van der Waals surface area contributed by atoms with Crippen molar-refractivity contribution in [3.05, 3.63) is 0 Å². The van der Waals surface area contributed by atoms with Gasteiger partial charge in [0.25, 0.3) is 0 Å². The van der Waals surface area contributed by atoms with Crippen LogP contribution in [0.25, 0.3) is 0 Å². The summed E-state index contributed by atoms with van der Waals surface area (Å²) in [6, 6.07) is 0. The largest absolute Gasteiger partial charge is 0.231 e. The van der Waals surface area contributed by atoms with E-state index >= 15 is 0 Å². The van der Waals surface area contributed by atoms with Gasteiger partial charge in [-0.1, -0.05) is 34.1 Å². The normalized spacial score (nSPS) is 7.33. The highest BCUT2D eigenvalue weighted by molar-refractivity contribution is 5.26. The second kappa shape index (κ2) is 12.4. The lowest BCUT2D eigenvalue weighted by molar-refractivity contribution is 0.398. The van der Waals surface area contributed by atoms with Gasteiger partial charge >= 0.3 is 0 Å². The zero-order valence-electron chi connectivity index (χ0n) is 8.02. The molecule has 4 heteroatoms. The van der Waals surface area contributed by atoms with Gasteiger partial charge in [0.2, 0.25) is 12.2 Å². The Morgan fingerprint density at radius 2 is 1.17 bits per heavy atom. The van der Waals surface area contributed by atoms with Crippen LogP contribution in [0.2, 0.25) is 0 Å². The summed E-state index contributed by atoms with van der Waals surface area (Å²) in [5.74, 6) is 0. The molecule has 70 valence electrons. The molecule has 0 fully saturated rings. The van der Waals surface area contributed by atoms with Crippen LogP contribution < -0.4 is 0 Å². The van der Waals surface area contributed by atoms with Gasteiger partial charge in [0.05, 0.1) is 0 Å². The molecule has 0 aliphatic carbocycles. The maximum absolute atomic E-state index is 8.35. The molecular weight excluding hydrogens is 156 g/mol. The Kier molecular flexibility index (Phi) is 17.6. The Balaban J connectivity index is -0.000000115. The highest BCUT2D eigenvalue weighted by Crippen LogP contribution is 2.16. The first kappa shape index (κ1) is 17.0. The smallest absolute Gasteiger partial charge is 0.222 e. The fourth-order valence-electron chi connectivity index (χ4n) is 0. The molecule has 0 saturated carbocycles. The van der Waals surface area contributed by atoms with Gasteiger partial charge in [-0.3, -0.25) is 0 Å². The van der Waals surface area contributed by atoms with Crippen LogP contribution in [0.3, 0.4) is 0 Å². The molecule has 0 unspecified atom stereocenters. The molecule has 0 aliphatic heterocycles. The lowest BCUT2D eigenvalue weighted by atomic mass is 9.94. The minimum Gasteiger partial charge on any atom is -0.222 e. The lowest BCUT2D eigenvalue weighted by Gasteiger charge is -2.12. The van der Waals surface area contributed by atoms with E-state index in [-0.39, 0.29) is 0 Å². The van der Waals surface area contributed by atoms with Crippen molar-refractivity contribution in [2.75, 3.05) is 0 Å². The quantitative estimate of drug-likeness (QED) is 0.434. The Morgan fingerprint density at radius 3 is 1.17 bits per heavy atom. The Morgan fingerprint density at radius 1 is 1.08 bits per heavy atom. The molecule has 0 radical (unpaired) electrons. The van der Waals surface area contributed by atoms with Gasteiger partial charge in [0, 0.05) is 0 Å². The van der Waals surface area contributed by atoms with Crippen LogP contribution in [0.5, 0.6) is 0 Å². The predicted molar refractivity (Wildman–Crippen MR) is 46.6 cm³/mol. The fourth-order valence-corrected chi connectivity index (χ4v) is 0. The highest BCUT2D eigenvalue weighted by Gasteiger charge is 2.03. The first-order valence-corrected chi connectivity index (χ1v) is 3.47. The van der Waals surface area contributed by atoms with Crippen molar-refractivity contribution in [1.82, 2.24) is 0 Å². The van der Waals surface area contributed by atoms with Crippen molar-refractivity contribution in [1.29, 1.82) is 10.8 Å². The van der Waals surface area contributed by atoms with Crippen LogP contribution in [0.1, 0.15) is 34.1 Å². The average molecular weight is 172 g/mol. The number of hydrogen-bond donors (Lipinski definition) is 2. The first-order valence-electron chi connectivity index (χ1n) is 3.47. The molecule has 0 aromatic heterocycles. The van der Waals surface area contributed by atoms with Crippen LogP contribution in [-0.2, 0) is 9.59 Å². The summed E-state index contributed by atoms with van der Waals surface area (Å²) >= 11 is 0. The minimum absolute atomic E-state index is 0.542. The van der Waals surface area contributed by atoms with Gasteiger partial charge < -0.3 is 0 Å². The predicted octanol–water partition coefficient (Wildman–Crippen LogP) is 2.24. The Bertz CT molecular complexity index is 135. The highest BCUT2D eigenvalue weighted by atomic mass is 16.1. The summed E-state index contributed by atoms with van der Waals surface area (Å²) in [5.41, 5.74) is 0.542. The van der Waals surface area contributed by atoms with Crippen LogP contribution in [0, 0.1) is 16.2 Å². The van der Waals surface area contributed by atoms with Gasteiger partial charge in [-0.25, -0.2) is 20.4 Å². The van der Waals surface area contributed by atoms with Crippen molar-refractivity contribution in [3.8, 4) is 0 Å². The van der Waals surface area contributed by atoms with Crippen molar-refractivity contribution in [3.63, 3.8) is 0 Å². The number of isocyanates is 2. The summed E-state index contributed by atoms with van der Waals surface area (Å²) in [5, 5.41) is 10.8. The summed E-state index contributed by atoms with van der Waals surface area (Å²) < 4.78 is 0. The molecular formula is C8H16N2O2. The molecule has 0 rings (SSSR count). The van der Waals surface area contributed by atoms with Gasteiger partial charge in [0.1, 0.15) is 0 Å². The van der Waals surface area contributed by atoms with E-state index in [0.717, 1.165) is 12.2 Å². The van der Waals surface area contributed by atoms with Gasteiger partial charge in [-0.15, -0.1) is 0 Å². The van der Waals surface area contributed by atoms with E-state index in [1.165, 1.54) is 6.42 Å². The molecule has 0 amide bonds. The summed E-state index contributed by atoms with van der Waals surface area (Å²) in [7, 11) is 0. The molecule has 0 saturated heterocycles. The number of nitrogens with one attached hydrogen (secondary N) is 2. The second-order valence-electron chi connectivity index (χ2n) is 3.12. The number of rotatable bonds is 0. The van der Waals surface area contributed by atoms with Crippen LogP contribution in [-0.4, -0.2) is 12.2 Å². The Labute approximate surface area is 73.0 Å². The van der Waals surface area contributed by atoms with E-state index < -0.39 is 0 Å². The van der Waals surface area contributed by atoms with E-state index in [9.17, 15) is 0 Å². The third-order valence-corrected chi connectivity index (χ3v) is 1.06. The van der Waals surface area contributed by atoms with Crippen LogP contribution >= 0.6 is 0 Å². The molecule has 0 aromatic rings. The third kappa shape index (κ3) is 170. The third-order valence-electron chi connectivity index (χ3n) is 1.06. The number of hydrogen-bond acceptors (Lipinski definition) is 4. The van der Waals surface area contributed by atoms with Gasteiger partial charge in [-0.05, 0) is 5.41 Å². The van der Waals surface area contributed by atoms with Crippen LogP contribution in [0.4, 0.5) is 0 Å². The monoisotopic (exact) mass is 172 g/mol. The lowest BCUT2D eigenvalue weighted by Crippen LogP contribution is -2.00. The molecule has 0 heterocycles. The Hall–Kier alpha value is -1.24. The van der Waals surface area contributed by atoms with E-state index in [1.54, 1.807) is 0 Å². The molecule has 0 aromatic carbocycles. The van der Waals surface area contributed by atoms with E-state index in [2.05, 4.69) is 27.7 Å². The average Bonchev–Trinajstić information content (AvgIpc) is 1.90. The maximum Gasteiger partial charge on any atom is 0.231 e. The molecule has 0 atom stereocenters. The van der Waals surface area contributed by atoms with Crippen molar-refractivity contribution < 1.29 is 9.59 Å². The molecule has 2 N–H and O–H groups in total. The summed E-state index contributed by atoms with van der Waals surface area (Å²) in [6.07, 6.45) is 2.77. The van der Waals surface area contributed by atoms with Crippen LogP contribution in [0.15, 0.2) is 0 Å². The zero-order valence-corrected chi connectivity index (χ0v) is 8.02. The molecule has 0 bridgehead atoms. The van der Waals surface area contributed by atoms with Gasteiger partial charge in [0.15, 0.2) is 0 Å². The topological polar surface area (TPSA) is 81.8 Å². The van der Waals surface area contributed by atoms with E-state index in [0.29, 0.717) is 5.41 Å². The zero-order chi connectivity index (χ0) is 10.6. The van der Waals surface area contributed by atoms with E-state index in [1.807, 2.05) is 0 Å². The van der Waals surface area contributed by atoms with Crippen molar-refractivity contribution in [2.45, 2.75) is 34.1 Å². The molecule has 4 nitrogen and oxygen atoms in total. The standard InChI is InChI=1S/C6H14.2CHNO/c1-5-6(2,3)4;2*2-1-3/h5H2,1-4H3;2*2H. The first-order chi connectivity index (χ1) is 5.39. The maximum atomic E-state index is 8.35. The SMILES string of the molecule is CCC(C)(C)C.N=C=O.N=C=O. The summed E-state index contributed by atoms with van der Waals surface area (Å²) in [4.78, 5) is 16.7. The van der Waals surface area contributed by atoms with Gasteiger partial charge in [-0.2, -0.15) is 0 Å². The van der Waals surface area contributed by atoms with Crippen molar-refractivity contribution >= 4 is 12.2 Å². The number of carbonyl (C=O) groups excluding carboxylic acids is 2.